The van der Waals surface area contributed by atoms with Crippen LogP contribution in [0.2, 0.25) is 19.6 Å². The number of rotatable bonds is 3. The highest BCUT2D eigenvalue weighted by molar-refractivity contribution is 6.83. The molecule has 0 N–H and O–H groups in total. The van der Waals surface area contributed by atoms with Crippen molar-refractivity contribution in [1.82, 2.24) is 0 Å². The minimum Gasteiger partial charge on any atom is -0.323 e. The van der Waals surface area contributed by atoms with Crippen molar-refractivity contribution < 1.29 is 14.2 Å². The van der Waals surface area contributed by atoms with Crippen LogP contribution in [0.5, 0.6) is 0 Å². The van der Waals surface area contributed by atoms with Crippen LogP contribution in [0.15, 0.2) is 24.3 Å². The second kappa shape index (κ2) is 6.41. The van der Waals surface area contributed by atoms with E-state index in [1.165, 1.54) is 0 Å². The molecule has 1 unspecified atom stereocenters. The van der Waals surface area contributed by atoms with Crippen molar-refractivity contribution in [1.29, 1.82) is 0 Å². The van der Waals surface area contributed by atoms with Crippen molar-refractivity contribution in [2.24, 2.45) is 5.92 Å². The summed E-state index contributed by atoms with van der Waals surface area (Å²) >= 11 is 0. The van der Waals surface area contributed by atoms with Gasteiger partial charge in [0.1, 0.15) is 8.07 Å². The topological polar surface area (TPSA) is 27.7 Å². The normalized spacial score (nSPS) is 29.9. The Labute approximate surface area is 140 Å². The fourth-order valence-corrected chi connectivity index (χ4v) is 3.45. The maximum absolute atomic E-state index is 6.18. The molecule has 1 aromatic rings. The third kappa shape index (κ3) is 3.69. The SMILES string of the molecule is CCCC1OC2(c3ccc(C#C[Si](C)(C)C)cc3)OCC1CO2. The molecule has 23 heavy (non-hydrogen) atoms. The number of benzene rings is 1. The first kappa shape index (κ1) is 16.7. The van der Waals surface area contributed by atoms with E-state index in [1.807, 2.05) is 24.3 Å². The van der Waals surface area contributed by atoms with Crippen molar-refractivity contribution in [3.05, 3.63) is 35.4 Å². The van der Waals surface area contributed by atoms with Gasteiger partial charge in [-0.05, 0) is 30.7 Å². The fourth-order valence-electron chi connectivity index (χ4n) is 2.93. The Hall–Kier alpha value is -1.12. The molecule has 3 nitrogen and oxygen atoms in total. The molecule has 0 amide bonds. The first-order valence-electron chi connectivity index (χ1n) is 8.51. The smallest absolute Gasteiger partial charge is 0.312 e. The lowest BCUT2D eigenvalue weighted by Crippen LogP contribution is -2.56. The Morgan fingerprint density at radius 3 is 2.35 bits per heavy atom. The predicted molar refractivity (Wildman–Crippen MR) is 93.5 cm³/mol. The third-order valence-electron chi connectivity index (χ3n) is 4.20. The van der Waals surface area contributed by atoms with E-state index in [4.69, 9.17) is 14.2 Å². The summed E-state index contributed by atoms with van der Waals surface area (Å²) < 4.78 is 18.0. The summed E-state index contributed by atoms with van der Waals surface area (Å²) in [5, 5.41) is 0. The summed E-state index contributed by atoms with van der Waals surface area (Å²) in [5.41, 5.74) is 5.34. The summed E-state index contributed by atoms with van der Waals surface area (Å²) in [4.78, 5) is 0. The minimum atomic E-state index is -1.35. The van der Waals surface area contributed by atoms with Crippen LogP contribution in [0, 0.1) is 17.4 Å². The lowest BCUT2D eigenvalue weighted by molar-refractivity contribution is -0.479. The zero-order valence-electron chi connectivity index (χ0n) is 14.5. The number of fused-ring (bicyclic) bond motifs is 3. The van der Waals surface area contributed by atoms with Crippen LogP contribution in [0.25, 0.3) is 0 Å². The van der Waals surface area contributed by atoms with E-state index in [1.54, 1.807) is 0 Å². The minimum absolute atomic E-state index is 0.230. The highest BCUT2D eigenvalue weighted by atomic mass is 28.3. The van der Waals surface area contributed by atoms with Gasteiger partial charge in [0.05, 0.1) is 19.3 Å². The maximum Gasteiger partial charge on any atom is 0.312 e. The predicted octanol–water partition coefficient (Wildman–Crippen LogP) is 3.89. The molecule has 124 valence electrons. The van der Waals surface area contributed by atoms with Crippen molar-refractivity contribution in [2.45, 2.75) is 51.5 Å². The lowest BCUT2D eigenvalue weighted by atomic mass is 9.96. The van der Waals surface area contributed by atoms with E-state index in [-0.39, 0.29) is 6.10 Å². The van der Waals surface area contributed by atoms with Gasteiger partial charge in [0.2, 0.25) is 0 Å². The average Bonchev–Trinajstić information content (AvgIpc) is 2.54. The van der Waals surface area contributed by atoms with Gasteiger partial charge in [-0.25, -0.2) is 0 Å². The molecule has 0 saturated carbocycles. The van der Waals surface area contributed by atoms with E-state index in [0.717, 1.165) is 24.0 Å². The molecular weight excluding hydrogens is 304 g/mol. The van der Waals surface area contributed by atoms with Crippen LogP contribution >= 0.6 is 0 Å². The van der Waals surface area contributed by atoms with Crippen LogP contribution < -0.4 is 0 Å². The molecule has 2 bridgehead atoms. The Bertz CT molecular complexity index is 598. The van der Waals surface area contributed by atoms with Crippen LogP contribution in [0.1, 0.15) is 30.9 Å². The first-order chi connectivity index (χ1) is 10.9. The van der Waals surface area contributed by atoms with Gasteiger partial charge < -0.3 is 14.2 Å². The molecule has 3 heterocycles. The van der Waals surface area contributed by atoms with Crippen molar-refractivity contribution in [3.63, 3.8) is 0 Å². The molecule has 3 aliphatic heterocycles. The monoisotopic (exact) mass is 330 g/mol. The van der Waals surface area contributed by atoms with Gasteiger partial charge in [-0.2, -0.15) is 0 Å². The number of ether oxygens (including phenoxy) is 3. The zero-order valence-corrected chi connectivity index (χ0v) is 15.5. The summed E-state index contributed by atoms with van der Waals surface area (Å²) in [7, 11) is -1.35. The van der Waals surface area contributed by atoms with E-state index in [0.29, 0.717) is 19.1 Å². The zero-order chi connectivity index (χ0) is 16.5. The van der Waals surface area contributed by atoms with Crippen LogP contribution in [-0.4, -0.2) is 27.4 Å². The first-order valence-corrected chi connectivity index (χ1v) is 12.0. The third-order valence-corrected chi connectivity index (χ3v) is 5.08. The molecule has 0 radical (unpaired) electrons. The second-order valence-electron chi connectivity index (χ2n) is 7.46. The van der Waals surface area contributed by atoms with Crippen molar-refractivity contribution in [3.8, 4) is 11.5 Å². The summed E-state index contributed by atoms with van der Waals surface area (Å²) in [6.45, 7) is 10.3. The molecule has 1 aromatic carbocycles. The molecule has 4 rings (SSSR count). The standard InChI is InChI=1S/C19H26O3Si/c1-5-6-18-16-13-20-19(22-18,21-14-16)17-9-7-15(8-10-17)11-12-23(2,3)4/h7-10,16,18H,5-6,13-14H2,1-4H3. The fraction of sp³-hybridized carbons (Fsp3) is 0.579. The number of hydrogen-bond donors (Lipinski definition) is 0. The van der Waals surface area contributed by atoms with Crippen LogP contribution in [-0.2, 0) is 20.2 Å². The summed E-state index contributed by atoms with van der Waals surface area (Å²) in [6, 6.07) is 8.09. The highest BCUT2D eigenvalue weighted by Gasteiger charge is 2.50. The molecule has 1 atom stereocenters. The van der Waals surface area contributed by atoms with Gasteiger partial charge in [-0.15, -0.1) is 5.54 Å². The molecule has 0 aromatic heterocycles. The molecule has 4 heteroatoms. The van der Waals surface area contributed by atoms with Gasteiger partial charge in [0.25, 0.3) is 0 Å². The van der Waals surface area contributed by atoms with Crippen LogP contribution in [0.4, 0.5) is 0 Å². The summed E-state index contributed by atoms with van der Waals surface area (Å²) in [6.07, 6.45) is 2.40. The Balaban J connectivity index is 1.79. The van der Waals surface area contributed by atoms with Gasteiger partial charge in [-0.1, -0.05) is 38.9 Å². The van der Waals surface area contributed by atoms with Gasteiger partial charge in [0, 0.05) is 17.0 Å². The molecule has 3 aliphatic rings. The van der Waals surface area contributed by atoms with Gasteiger partial charge in [0.15, 0.2) is 0 Å². The quantitative estimate of drug-likeness (QED) is 0.622. The van der Waals surface area contributed by atoms with Crippen LogP contribution in [0.3, 0.4) is 0 Å². The lowest BCUT2D eigenvalue weighted by Gasteiger charge is -2.49. The maximum atomic E-state index is 6.18. The summed E-state index contributed by atoms with van der Waals surface area (Å²) in [5.74, 6) is 2.62. The van der Waals surface area contributed by atoms with E-state index >= 15 is 0 Å². The van der Waals surface area contributed by atoms with E-state index in [9.17, 15) is 0 Å². The van der Waals surface area contributed by atoms with Gasteiger partial charge in [-0.3, -0.25) is 0 Å². The average molecular weight is 331 g/mol. The van der Waals surface area contributed by atoms with Gasteiger partial charge >= 0.3 is 5.97 Å². The Morgan fingerprint density at radius 2 is 1.78 bits per heavy atom. The molecular formula is C19H26O3Si. The molecule has 3 saturated heterocycles. The molecule has 0 aliphatic carbocycles. The largest absolute Gasteiger partial charge is 0.323 e. The van der Waals surface area contributed by atoms with E-state index < -0.39 is 14.0 Å². The Morgan fingerprint density at radius 1 is 1.13 bits per heavy atom. The Kier molecular flexibility index (Phi) is 4.66. The molecule has 0 spiro atoms. The van der Waals surface area contributed by atoms with Crippen molar-refractivity contribution >= 4 is 8.07 Å². The second-order valence-corrected chi connectivity index (χ2v) is 12.2. The highest BCUT2D eigenvalue weighted by Crippen LogP contribution is 2.43. The number of hydrogen-bond acceptors (Lipinski definition) is 3. The molecule has 3 fully saturated rings. The van der Waals surface area contributed by atoms with Crippen molar-refractivity contribution in [2.75, 3.05) is 13.2 Å². The van der Waals surface area contributed by atoms with E-state index in [2.05, 4.69) is 38.0 Å².